The monoisotopic (exact) mass is 243 g/mol. The summed E-state index contributed by atoms with van der Waals surface area (Å²) in [4.78, 5) is 0. The smallest absolute Gasteiger partial charge is 0.309 e. The predicted octanol–water partition coefficient (Wildman–Crippen LogP) is 2.87. The maximum Gasteiger partial charge on any atom is 0.404 e. The van der Waals surface area contributed by atoms with Crippen molar-refractivity contribution >= 4 is 0 Å². The maximum atomic E-state index is 12.6. The molecule has 0 amide bonds. The number of hydrogen-bond acceptors (Lipinski definition) is 1. The van der Waals surface area contributed by atoms with Gasteiger partial charge in [-0.2, -0.15) is 13.2 Å². The third kappa shape index (κ3) is 2.80. The van der Waals surface area contributed by atoms with Gasteiger partial charge in [0.1, 0.15) is 6.04 Å². The number of fused-ring (bicyclic) bond motifs is 1. The van der Waals surface area contributed by atoms with Crippen LogP contribution < -0.4 is 5.32 Å². The molecule has 0 aromatic heterocycles. The molecule has 0 heterocycles. The molecule has 1 N–H and O–H groups in total. The normalized spacial score (nSPS) is 16.9. The highest BCUT2D eigenvalue weighted by Crippen LogP contribution is 2.26. The lowest BCUT2D eigenvalue weighted by Gasteiger charge is -2.19. The van der Waals surface area contributed by atoms with Crippen LogP contribution in [0.25, 0.3) is 0 Å². The minimum Gasteiger partial charge on any atom is -0.309 e. The van der Waals surface area contributed by atoms with Crippen molar-refractivity contribution in [1.29, 1.82) is 0 Å². The highest BCUT2D eigenvalue weighted by Gasteiger charge is 2.38. The number of alkyl halides is 3. The van der Waals surface area contributed by atoms with Crippen LogP contribution in [0.1, 0.15) is 23.1 Å². The van der Waals surface area contributed by atoms with Crippen LogP contribution in [-0.4, -0.2) is 19.3 Å². The predicted molar refractivity (Wildman–Crippen MR) is 61.1 cm³/mol. The van der Waals surface area contributed by atoms with Gasteiger partial charge in [-0.25, -0.2) is 0 Å². The number of likely N-dealkylation sites (N-methyl/N-ethyl adjacent to an activating group) is 1. The van der Waals surface area contributed by atoms with E-state index in [9.17, 15) is 13.2 Å². The Balaban J connectivity index is 2.13. The number of rotatable bonds is 3. The summed E-state index contributed by atoms with van der Waals surface area (Å²) < 4.78 is 37.9. The maximum absolute atomic E-state index is 12.6. The van der Waals surface area contributed by atoms with E-state index in [2.05, 4.69) is 5.32 Å². The van der Waals surface area contributed by atoms with Gasteiger partial charge >= 0.3 is 6.18 Å². The van der Waals surface area contributed by atoms with Crippen molar-refractivity contribution in [1.82, 2.24) is 5.32 Å². The van der Waals surface area contributed by atoms with E-state index in [-0.39, 0.29) is 6.42 Å². The van der Waals surface area contributed by atoms with Crippen molar-refractivity contribution in [3.63, 3.8) is 0 Å². The second kappa shape index (κ2) is 4.69. The molecule has 1 nitrogen and oxygen atoms in total. The molecule has 1 aromatic rings. The molecule has 17 heavy (non-hydrogen) atoms. The van der Waals surface area contributed by atoms with Crippen LogP contribution in [0.2, 0.25) is 0 Å². The van der Waals surface area contributed by atoms with E-state index < -0.39 is 12.2 Å². The molecule has 0 aliphatic heterocycles. The Morgan fingerprint density at radius 3 is 2.59 bits per heavy atom. The van der Waals surface area contributed by atoms with Crippen LogP contribution in [-0.2, 0) is 19.3 Å². The van der Waals surface area contributed by atoms with E-state index in [1.807, 2.05) is 18.2 Å². The van der Waals surface area contributed by atoms with Gasteiger partial charge in [0, 0.05) is 0 Å². The molecule has 2 rings (SSSR count). The summed E-state index contributed by atoms with van der Waals surface area (Å²) in [6, 6.07) is 4.27. The molecule has 1 aliphatic rings. The Hall–Kier alpha value is -1.03. The molecule has 0 saturated heterocycles. The van der Waals surface area contributed by atoms with Crippen LogP contribution in [0.4, 0.5) is 13.2 Å². The van der Waals surface area contributed by atoms with Crippen molar-refractivity contribution < 1.29 is 13.2 Å². The number of benzene rings is 1. The van der Waals surface area contributed by atoms with Crippen molar-refractivity contribution in [2.75, 3.05) is 7.05 Å². The highest BCUT2D eigenvalue weighted by molar-refractivity contribution is 5.35. The van der Waals surface area contributed by atoms with Crippen LogP contribution >= 0.6 is 0 Å². The SMILES string of the molecule is CNC(Cc1ccc2c(c1)CCC2)C(F)(F)F. The minimum absolute atomic E-state index is 0.00722. The first-order chi connectivity index (χ1) is 8.00. The first-order valence-electron chi connectivity index (χ1n) is 5.85. The molecule has 94 valence electrons. The first-order valence-corrected chi connectivity index (χ1v) is 5.85. The molecular weight excluding hydrogens is 227 g/mol. The van der Waals surface area contributed by atoms with Crippen molar-refractivity contribution in [3.8, 4) is 0 Å². The number of halogens is 3. The molecule has 0 saturated carbocycles. The molecule has 1 aliphatic carbocycles. The summed E-state index contributed by atoms with van der Waals surface area (Å²) in [6.45, 7) is 0. The highest BCUT2D eigenvalue weighted by atomic mass is 19.4. The topological polar surface area (TPSA) is 12.0 Å². The quantitative estimate of drug-likeness (QED) is 0.860. The van der Waals surface area contributed by atoms with Gasteiger partial charge in [0.25, 0.3) is 0 Å². The third-order valence-corrected chi connectivity index (χ3v) is 3.35. The van der Waals surface area contributed by atoms with E-state index >= 15 is 0 Å². The van der Waals surface area contributed by atoms with Gasteiger partial charge in [0.05, 0.1) is 0 Å². The Morgan fingerprint density at radius 1 is 1.24 bits per heavy atom. The van der Waals surface area contributed by atoms with E-state index in [0.29, 0.717) is 0 Å². The van der Waals surface area contributed by atoms with Crippen LogP contribution in [0, 0.1) is 0 Å². The Kier molecular flexibility index (Phi) is 3.43. The van der Waals surface area contributed by atoms with Gasteiger partial charge in [-0.1, -0.05) is 18.2 Å². The average Bonchev–Trinajstić information content (AvgIpc) is 2.71. The van der Waals surface area contributed by atoms with Crippen molar-refractivity contribution in [2.24, 2.45) is 0 Å². The average molecular weight is 243 g/mol. The van der Waals surface area contributed by atoms with Gasteiger partial charge in [-0.3, -0.25) is 0 Å². The largest absolute Gasteiger partial charge is 0.404 e. The Morgan fingerprint density at radius 2 is 1.94 bits per heavy atom. The van der Waals surface area contributed by atoms with E-state index in [1.54, 1.807) is 0 Å². The zero-order valence-electron chi connectivity index (χ0n) is 9.77. The molecule has 1 unspecified atom stereocenters. The fraction of sp³-hybridized carbons (Fsp3) is 0.538. The molecular formula is C13H16F3N. The van der Waals surface area contributed by atoms with Gasteiger partial charge in [-0.05, 0) is 49.4 Å². The van der Waals surface area contributed by atoms with Crippen LogP contribution in [0.5, 0.6) is 0 Å². The zero-order chi connectivity index (χ0) is 12.5. The molecule has 0 bridgehead atoms. The van der Waals surface area contributed by atoms with Gasteiger partial charge in [0.15, 0.2) is 0 Å². The summed E-state index contributed by atoms with van der Waals surface area (Å²) in [6.07, 6.45) is -1.00. The minimum atomic E-state index is -4.19. The fourth-order valence-corrected chi connectivity index (χ4v) is 2.37. The van der Waals surface area contributed by atoms with Gasteiger partial charge in [0.2, 0.25) is 0 Å². The first kappa shape index (κ1) is 12.4. The van der Waals surface area contributed by atoms with Crippen LogP contribution in [0.3, 0.4) is 0 Å². The van der Waals surface area contributed by atoms with E-state index in [0.717, 1.165) is 24.8 Å². The zero-order valence-corrected chi connectivity index (χ0v) is 9.77. The fourth-order valence-electron chi connectivity index (χ4n) is 2.37. The molecule has 0 spiro atoms. The number of hydrogen-bond donors (Lipinski definition) is 1. The molecule has 1 atom stereocenters. The summed E-state index contributed by atoms with van der Waals surface area (Å²) in [5.74, 6) is 0. The Bertz CT molecular complexity index is 398. The lowest BCUT2D eigenvalue weighted by Crippen LogP contribution is -2.41. The van der Waals surface area contributed by atoms with Gasteiger partial charge in [-0.15, -0.1) is 0 Å². The standard InChI is InChI=1S/C13H16F3N/c1-17-12(13(14,15)16)8-9-5-6-10-3-2-4-11(10)7-9/h5-7,12,17H,2-4,8H2,1H3. The molecule has 0 radical (unpaired) electrons. The molecule has 4 heteroatoms. The number of aryl methyl sites for hydroxylation is 2. The second-order valence-electron chi connectivity index (χ2n) is 4.54. The van der Waals surface area contributed by atoms with Crippen molar-refractivity contribution in [2.45, 2.75) is 37.9 Å². The van der Waals surface area contributed by atoms with Gasteiger partial charge < -0.3 is 5.32 Å². The lowest BCUT2D eigenvalue weighted by atomic mass is 10.0. The Labute approximate surface area is 99.0 Å². The second-order valence-corrected chi connectivity index (χ2v) is 4.54. The summed E-state index contributed by atoms with van der Waals surface area (Å²) in [5, 5.41) is 2.33. The molecule has 1 aromatic carbocycles. The summed E-state index contributed by atoms with van der Waals surface area (Å²) >= 11 is 0. The van der Waals surface area contributed by atoms with E-state index in [1.165, 1.54) is 18.2 Å². The summed E-state index contributed by atoms with van der Waals surface area (Å²) in [7, 11) is 1.35. The van der Waals surface area contributed by atoms with Crippen LogP contribution in [0.15, 0.2) is 18.2 Å². The third-order valence-electron chi connectivity index (χ3n) is 3.35. The lowest BCUT2D eigenvalue weighted by molar-refractivity contribution is -0.154. The summed E-state index contributed by atoms with van der Waals surface area (Å²) in [5.41, 5.74) is 3.28. The van der Waals surface area contributed by atoms with E-state index in [4.69, 9.17) is 0 Å². The molecule has 0 fully saturated rings. The number of nitrogens with one attached hydrogen (secondary N) is 1. The van der Waals surface area contributed by atoms with Crippen molar-refractivity contribution in [3.05, 3.63) is 34.9 Å².